The predicted molar refractivity (Wildman–Crippen MR) is 340 cm³/mol. The van der Waals surface area contributed by atoms with Crippen molar-refractivity contribution in [1.82, 2.24) is 0 Å². The standard InChI is InChI=1S/C49H41N11O31S9/c1-22-4-7-25(8-5-22)93(68,69)59-32-14-23(2)31(18-36(32)91-12-3-13-92(65,66)67)53-54-33-19-40(97(79,80)81)34(20-39(33)96(76,77)78)55-57-45-41(98(82,83)84)16-27-26(47(45)61)9-11-30(49(27)100(88,89)90)52-56-35-21-37(94(70,71)72)28-17-42(99(85,86)87)46(48(62)43(28)44(35)50)58-51-29-10-6-24(60(63)64)15-38(29)95(73,74)75/h4-11,14-21,59,61-62H,3,12-13,50H2,1-2H3,(H,65,66,67)(H,70,71,72)(H,73,74,75)(H,76,77,78)(H,79,80,81)(H,82,83,84)(H,85,86,87)(H,88,89,90). The molecule has 0 bridgehead atoms. The Morgan fingerprint density at radius 3 is 1.42 bits per heavy atom. The third kappa shape index (κ3) is 16.9. The number of azo groups is 4. The van der Waals surface area contributed by atoms with Crippen molar-refractivity contribution in [2.75, 3.05) is 22.8 Å². The molecule has 8 rings (SSSR count). The van der Waals surface area contributed by atoms with E-state index in [4.69, 9.17) is 10.5 Å². The molecule has 0 heterocycles. The van der Waals surface area contributed by atoms with E-state index in [9.17, 15) is 133 Å². The average molecular weight is 1570 g/mol. The van der Waals surface area contributed by atoms with E-state index in [-0.39, 0.29) is 64.7 Å². The molecule has 51 heteroatoms. The number of nitro groups is 1. The SMILES string of the molecule is Cc1ccc(S(=O)(=O)Nc2cc(C)c(N=Nc3cc(S(=O)(=O)O)c(N=Nc4c(S(=O)(=O)O)cc5c(S(=O)(=O)O)c(N=Nc6cc(S(=O)(=O)O)c7cc(S(=O)(=O)O)c(N=Nc8ccc([N+](=O)[O-])cc8S(=O)(=O)O)c(O)c7c6N)ccc5c4O)cc3S(=O)(=O)O)cc2OCCCS(=O)(=O)O)cc1. The number of aromatic hydroxyl groups is 2. The number of phenols is 2. The number of anilines is 2. The molecule has 0 radical (unpaired) electrons. The number of non-ortho nitro benzene ring substituents is 1. The molecule has 0 atom stereocenters. The summed E-state index contributed by atoms with van der Waals surface area (Å²) >= 11 is 0. The van der Waals surface area contributed by atoms with E-state index < -0.39 is 232 Å². The van der Waals surface area contributed by atoms with Crippen LogP contribution in [0.1, 0.15) is 17.5 Å². The molecule has 532 valence electrons. The number of nitrogens with zero attached hydrogens (tertiary/aromatic N) is 9. The smallest absolute Gasteiger partial charge is 0.297 e. The Labute approximate surface area is 562 Å². The van der Waals surface area contributed by atoms with Crippen LogP contribution in [0.4, 0.5) is 62.6 Å². The van der Waals surface area contributed by atoms with Crippen LogP contribution in [0.25, 0.3) is 21.5 Å². The molecule has 0 saturated carbocycles. The van der Waals surface area contributed by atoms with Gasteiger partial charge in [0.1, 0.15) is 79.8 Å². The van der Waals surface area contributed by atoms with Crippen molar-refractivity contribution in [3.05, 3.63) is 118 Å². The first-order valence-electron chi connectivity index (χ1n) is 26.0. The van der Waals surface area contributed by atoms with E-state index in [0.717, 1.165) is 12.1 Å². The van der Waals surface area contributed by atoms with Gasteiger partial charge in [0.25, 0.3) is 96.7 Å². The molecular formula is C49H41N11O31S9. The van der Waals surface area contributed by atoms with Crippen LogP contribution < -0.4 is 15.2 Å². The van der Waals surface area contributed by atoms with E-state index in [1.54, 1.807) is 6.92 Å². The number of nitrogens with two attached hydrogens (primary N) is 1. The number of fused-ring (bicyclic) bond motifs is 2. The molecule has 8 aromatic rings. The highest BCUT2D eigenvalue weighted by atomic mass is 32.3. The zero-order valence-electron chi connectivity index (χ0n) is 49.2. The second kappa shape index (κ2) is 27.1. The molecule has 100 heavy (non-hydrogen) atoms. The molecule has 0 aromatic heterocycles. The zero-order valence-corrected chi connectivity index (χ0v) is 56.5. The van der Waals surface area contributed by atoms with Crippen molar-refractivity contribution in [3.8, 4) is 17.2 Å². The van der Waals surface area contributed by atoms with E-state index in [1.807, 2.05) is 0 Å². The maximum absolute atomic E-state index is 13.4. The van der Waals surface area contributed by atoms with E-state index in [1.165, 1.54) is 31.2 Å². The van der Waals surface area contributed by atoms with Gasteiger partial charge in [-0.1, -0.05) is 17.7 Å². The second-order valence-electron chi connectivity index (χ2n) is 20.2. The van der Waals surface area contributed by atoms with Crippen molar-refractivity contribution in [1.29, 1.82) is 0 Å². The van der Waals surface area contributed by atoms with Crippen LogP contribution in [0.2, 0.25) is 0 Å². The molecule has 0 fully saturated rings. The highest BCUT2D eigenvalue weighted by Gasteiger charge is 2.33. The minimum Gasteiger partial charge on any atom is -0.505 e. The lowest BCUT2D eigenvalue weighted by Crippen LogP contribution is -2.15. The van der Waals surface area contributed by atoms with E-state index >= 15 is 0 Å². The van der Waals surface area contributed by atoms with Crippen LogP contribution in [0, 0.1) is 24.0 Å². The number of aryl methyl sites for hydroxylation is 2. The fourth-order valence-electron chi connectivity index (χ4n) is 8.89. The summed E-state index contributed by atoms with van der Waals surface area (Å²) in [6, 6.07) is 11.1. The zero-order chi connectivity index (χ0) is 74.7. The number of rotatable bonds is 24. The van der Waals surface area contributed by atoms with Crippen molar-refractivity contribution < 1.29 is 132 Å². The molecule has 8 aromatic carbocycles. The van der Waals surface area contributed by atoms with Crippen LogP contribution in [0.15, 0.2) is 177 Å². The molecule has 0 aliphatic heterocycles. The Kier molecular flexibility index (Phi) is 20.6. The number of sulfonamides is 1. The predicted octanol–water partition coefficient (Wildman–Crippen LogP) is 8.36. The molecule has 0 unspecified atom stereocenters. The van der Waals surface area contributed by atoms with Gasteiger partial charge in [0.15, 0.2) is 11.5 Å². The van der Waals surface area contributed by atoms with Gasteiger partial charge in [-0.05, 0) is 92.6 Å². The minimum absolute atomic E-state index is 0.0135. The number of phenolic OH excluding ortho intramolecular Hbond substituents is 2. The summed E-state index contributed by atoms with van der Waals surface area (Å²) in [6.45, 7) is 2.45. The first-order valence-corrected chi connectivity index (χ1v) is 39.2. The van der Waals surface area contributed by atoms with Gasteiger partial charge >= 0.3 is 0 Å². The lowest BCUT2D eigenvalue weighted by Gasteiger charge is -2.16. The Morgan fingerprint density at radius 2 is 0.910 bits per heavy atom. The Morgan fingerprint density at radius 1 is 0.460 bits per heavy atom. The fraction of sp³-hybridized carbons (Fsp3) is 0.102. The van der Waals surface area contributed by atoms with Gasteiger partial charge in [-0.3, -0.25) is 51.3 Å². The summed E-state index contributed by atoms with van der Waals surface area (Å²) in [5.41, 5.74) is -4.49. The topological polar surface area (TPSA) is 699 Å². The fourth-order valence-corrected chi connectivity index (χ4v) is 15.1. The van der Waals surface area contributed by atoms with Crippen LogP contribution in [-0.2, 0) is 91.0 Å². The van der Waals surface area contributed by atoms with Crippen molar-refractivity contribution in [2.45, 2.75) is 59.4 Å². The van der Waals surface area contributed by atoms with Crippen molar-refractivity contribution in [3.63, 3.8) is 0 Å². The monoisotopic (exact) mass is 1570 g/mol. The van der Waals surface area contributed by atoms with Gasteiger partial charge in [0.05, 0.1) is 44.6 Å². The van der Waals surface area contributed by atoms with Gasteiger partial charge < -0.3 is 20.7 Å². The number of nitrogens with one attached hydrogen (secondary N) is 1. The number of hydrogen-bond acceptors (Lipinski definition) is 32. The van der Waals surface area contributed by atoms with Gasteiger partial charge in [-0.25, -0.2) is 8.42 Å². The number of benzene rings is 8. The third-order valence-electron chi connectivity index (χ3n) is 13.3. The number of nitro benzene ring substituents is 1. The molecular weight excluding hydrogens is 1530 g/mol. The maximum Gasteiger partial charge on any atom is 0.297 e. The molecule has 0 aliphatic carbocycles. The highest BCUT2D eigenvalue weighted by molar-refractivity contribution is 7.92. The first kappa shape index (κ1) is 76.1. The lowest BCUT2D eigenvalue weighted by molar-refractivity contribution is -0.385. The summed E-state index contributed by atoms with van der Waals surface area (Å²) in [7, 11) is -49.1. The summed E-state index contributed by atoms with van der Waals surface area (Å²) < 4.78 is 318. The number of ether oxygens (including phenoxy) is 1. The number of nitrogen functional groups attached to an aromatic ring is 1. The quantitative estimate of drug-likeness (QED) is 0.00674. The van der Waals surface area contributed by atoms with Crippen LogP contribution in [0.5, 0.6) is 17.2 Å². The van der Waals surface area contributed by atoms with E-state index in [0.29, 0.717) is 29.8 Å². The molecule has 0 saturated heterocycles. The van der Waals surface area contributed by atoms with Gasteiger partial charge in [0.2, 0.25) is 0 Å². The first-order chi connectivity index (χ1) is 45.8. The molecule has 0 spiro atoms. The normalized spacial score (nSPS) is 13.4. The Bertz CT molecular complexity index is 6100. The summed E-state index contributed by atoms with van der Waals surface area (Å²) in [5.74, 6) is -4.43. The molecule has 42 nitrogen and oxygen atoms in total. The minimum atomic E-state index is -5.94. The molecule has 0 aliphatic rings. The van der Waals surface area contributed by atoms with Gasteiger partial charge in [0, 0.05) is 34.4 Å². The van der Waals surface area contributed by atoms with E-state index in [2.05, 4.69) is 45.6 Å². The number of hydrogen-bond donors (Lipinski definition) is 12. The Balaban J connectivity index is 1.25. The highest BCUT2D eigenvalue weighted by Crippen LogP contribution is 2.51. The van der Waals surface area contributed by atoms with Crippen LogP contribution >= 0.6 is 0 Å². The largest absolute Gasteiger partial charge is 0.505 e. The summed E-state index contributed by atoms with van der Waals surface area (Å²) in [6.07, 6.45) is -0.377. The average Bonchev–Trinajstić information content (AvgIpc) is 0.741. The summed E-state index contributed by atoms with van der Waals surface area (Å²) in [4.78, 5) is -0.652. The molecule has 13 N–H and O–H groups in total. The van der Waals surface area contributed by atoms with Gasteiger partial charge in [-0.2, -0.15) is 72.5 Å². The second-order valence-corrected chi connectivity index (χ2v) is 33.2. The maximum atomic E-state index is 13.4. The lowest BCUT2D eigenvalue weighted by atomic mass is 10.0. The van der Waals surface area contributed by atoms with Crippen LogP contribution in [0.3, 0.4) is 0 Å². The summed E-state index contributed by atoms with van der Waals surface area (Å²) in [5, 5.41) is 58.4. The Hall–Kier alpha value is -9.69. The van der Waals surface area contributed by atoms with Crippen LogP contribution in [-0.4, -0.2) is 140 Å². The van der Waals surface area contributed by atoms with Gasteiger partial charge in [-0.15, -0.1) is 35.8 Å². The van der Waals surface area contributed by atoms with Crippen molar-refractivity contribution >= 4 is 175 Å². The third-order valence-corrected chi connectivity index (χ3v) is 21.7. The van der Waals surface area contributed by atoms with Crippen molar-refractivity contribution in [2.24, 2.45) is 40.9 Å². The molecule has 0 amide bonds.